The Morgan fingerprint density at radius 3 is 2.93 bits per heavy atom. The SMILES string of the molecule is C=C1Oc2cc(CCCCC)cc(OC(=O)CCN)c2[C@@H]2C=C(C)CC[C@@H]12. The van der Waals surface area contributed by atoms with Gasteiger partial charge >= 0.3 is 5.97 Å². The molecule has 4 heteroatoms. The molecule has 146 valence electrons. The Morgan fingerprint density at radius 2 is 2.19 bits per heavy atom. The molecule has 3 rings (SSSR count). The molecule has 0 spiro atoms. The van der Waals surface area contributed by atoms with Gasteiger partial charge in [0, 0.05) is 23.9 Å². The minimum absolute atomic E-state index is 0.153. The number of benzene rings is 1. The number of esters is 1. The van der Waals surface area contributed by atoms with E-state index in [2.05, 4.69) is 32.6 Å². The maximum atomic E-state index is 12.2. The summed E-state index contributed by atoms with van der Waals surface area (Å²) in [5.74, 6) is 2.34. The van der Waals surface area contributed by atoms with Gasteiger partial charge in [-0.25, -0.2) is 0 Å². The van der Waals surface area contributed by atoms with E-state index in [-0.39, 0.29) is 30.8 Å². The minimum atomic E-state index is -0.289. The van der Waals surface area contributed by atoms with Gasteiger partial charge in [0.05, 0.1) is 6.42 Å². The van der Waals surface area contributed by atoms with Crippen molar-refractivity contribution in [2.45, 2.75) is 64.7 Å². The van der Waals surface area contributed by atoms with Crippen LogP contribution in [0.15, 0.2) is 36.1 Å². The monoisotopic (exact) mass is 369 g/mol. The number of unbranched alkanes of at least 4 members (excludes halogenated alkanes) is 2. The quantitative estimate of drug-likeness (QED) is 0.317. The summed E-state index contributed by atoms with van der Waals surface area (Å²) in [5, 5.41) is 0. The average molecular weight is 370 g/mol. The Bertz CT molecular complexity index is 750. The topological polar surface area (TPSA) is 61.5 Å². The summed E-state index contributed by atoms with van der Waals surface area (Å²) < 4.78 is 11.9. The zero-order valence-electron chi connectivity index (χ0n) is 16.6. The Labute approximate surface area is 162 Å². The van der Waals surface area contributed by atoms with Crippen LogP contribution in [-0.2, 0) is 11.2 Å². The van der Waals surface area contributed by atoms with Gasteiger partial charge in [-0.05, 0) is 50.3 Å². The van der Waals surface area contributed by atoms with E-state index in [9.17, 15) is 4.79 Å². The van der Waals surface area contributed by atoms with Crippen LogP contribution in [0.4, 0.5) is 0 Å². The largest absolute Gasteiger partial charge is 0.462 e. The molecule has 0 aromatic heterocycles. The summed E-state index contributed by atoms with van der Waals surface area (Å²) in [6.07, 6.45) is 8.97. The molecule has 0 saturated carbocycles. The lowest BCUT2D eigenvalue weighted by atomic mass is 9.74. The third kappa shape index (κ3) is 4.44. The summed E-state index contributed by atoms with van der Waals surface area (Å²) in [7, 11) is 0. The number of rotatable bonds is 7. The fourth-order valence-corrected chi connectivity index (χ4v) is 4.10. The van der Waals surface area contributed by atoms with Crippen molar-refractivity contribution in [3.63, 3.8) is 0 Å². The maximum Gasteiger partial charge on any atom is 0.312 e. The lowest BCUT2D eigenvalue weighted by Gasteiger charge is -2.37. The van der Waals surface area contributed by atoms with Crippen LogP contribution in [0.1, 0.15) is 69.4 Å². The van der Waals surface area contributed by atoms with Gasteiger partial charge in [0.1, 0.15) is 17.3 Å². The van der Waals surface area contributed by atoms with Crippen molar-refractivity contribution >= 4 is 5.97 Å². The number of carbonyl (C=O) groups excluding carboxylic acids is 1. The molecule has 0 unspecified atom stereocenters. The van der Waals surface area contributed by atoms with E-state index in [0.29, 0.717) is 5.75 Å². The van der Waals surface area contributed by atoms with Gasteiger partial charge in [-0.3, -0.25) is 4.79 Å². The van der Waals surface area contributed by atoms with E-state index in [1.165, 1.54) is 18.4 Å². The molecule has 4 nitrogen and oxygen atoms in total. The van der Waals surface area contributed by atoms with Crippen molar-refractivity contribution in [3.05, 3.63) is 47.2 Å². The van der Waals surface area contributed by atoms with Gasteiger partial charge < -0.3 is 15.2 Å². The van der Waals surface area contributed by atoms with Crippen LogP contribution < -0.4 is 15.2 Å². The normalized spacial score (nSPS) is 21.0. The second-order valence-electron chi connectivity index (χ2n) is 7.73. The van der Waals surface area contributed by atoms with Crippen molar-refractivity contribution in [2.75, 3.05) is 6.54 Å². The van der Waals surface area contributed by atoms with Crippen LogP contribution in [0.5, 0.6) is 11.5 Å². The molecule has 1 heterocycles. The summed E-state index contributed by atoms with van der Waals surface area (Å²) in [6.45, 7) is 8.81. The van der Waals surface area contributed by atoms with Gasteiger partial charge in [-0.2, -0.15) is 0 Å². The second kappa shape index (κ2) is 8.75. The van der Waals surface area contributed by atoms with Crippen molar-refractivity contribution in [2.24, 2.45) is 11.7 Å². The average Bonchev–Trinajstić information content (AvgIpc) is 2.61. The van der Waals surface area contributed by atoms with Gasteiger partial charge in [0.15, 0.2) is 0 Å². The number of allylic oxidation sites excluding steroid dienone is 3. The first-order valence-electron chi connectivity index (χ1n) is 10.1. The predicted octanol–water partition coefficient (Wildman–Crippen LogP) is 5.02. The lowest BCUT2D eigenvalue weighted by molar-refractivity contribution is -0.134. The Balaban J connectivity index is 2.02. The molecular weight excluding hydrogens is 338 g/mol. The number of hydrogen-bond acceptors (Lipinski definition) is 4. The van der Waals surface area contributed by atoms with E-state index >= 15 is 0 Å². The van der Waals surface area contributed by atoms with Gasteiger partial charge in [-0.15, -0.1) is 0 Å². The van der Waals surface area contributed by atoms with E-state index in [1.54, 1.807) is 0 Å². The fraction of sp³-hybridized carbons (Fsp3) is 0.522. The molecule has 2 N–H and O–H groups in total. The highest BCUT2D eigenvalue weighted by Crippen LogP contribution is 2.51. The summed E-state index contributed by atoms with van der Waals surface area (Å²) in [5.41, 5.74) is 9.01. The van der Waals surface area contributed by atoms with Gasteiger partial charge in [0.25, 0.3) is 0 Å². The third-order valence-electron chi connectivity index (χ3n) is 5.54. The standard InChI is InChI=1S/C23H31NO3/c1-4-5-6-7-17-13-20-23(21(14-17)27-22(25)10-11-24)19-12-15(2)8-9-18(19)16(3)26-20/h12-14,18-19H,3-11,24H2,1-2H3/t18-,19+/m0/s1. The molecule has 1 aliphatic carbocycles. The molecule has 1 aromatic carbocycles. The van der Waals surface area contributed by atoms with E-state index in [1.807, 2.05) is 6.07 Å². The third-order valence-corrected chi connectivity index (χ3v) is 5.54. The van der Waals surface area contributed by atoms with Crippen LogP contribution in [0.25, 0.3) is 0 Å². The fourth-order valence-electron chi connectivity index (χ4n) is 4.10. The highest BCUT2D eigenvalue weighted by Gasteiger charge is 2.37. The molecule has 1 aliphatic heterocycles. The number of fused-ring (bicyclic) bond motifs is 3. The van der Waals surface area contributed by atoms with E-state index in [0.717, 1.165) is 48.3 Å². The smallest absolute Gasteiger partial charge is 0.312 e. The number of aryl methyl sites for hydroxylation is 1. The van der Waals surface area contributed by atoms with Crippen LogP contribution in [0.2, 0.25) is 0 Å². The van der Waals surface area contributed by atoms with Crippen LogP contribution >= 0.6 is 0 Å². The van der Waals surface area contributed by atoms with Crippen LogP contribution in [-0.4, -0.2) is 12.5 Å². The zero-order chi connectivity index (χ0) is 19.4. The van der Waals surface area contributed by atoms with Crippen molar-refractivity contribution in [1.82, 2.24) is 0 Å². The van der Waals surface area contributed by atoms with Gasteiger partial charge in [-0.1, -0.05) is 38.0 Å². The summed E-state index contributed by atoms with van der Waals surface area (Å²) >= 11 is 0. The first-order valence-corrected chi connectivity index (χ1v) is 10.1. The molecule has 2 aliphatic rings. The highest BCUT2D eigenvalue weighted by molar-refractivity contribution is 5.74. The number of carbonyl (C=O) groups is 1. The highest BCUT2D eigenvalue weighted by atomic mass is 16.5. The summed E-state index contributed by atoms with van der Waals surface area (Å²) in [4.78, 5) is 12.2. The number of nitrogens with two attached hydrogens (primary N) is 1. The first kappa shape index (κ1) is 19.7. The van der Waals surface area contributed by atoms with Crippen molar-refractivity contribution in [1.29, 1.82) is 0 Å². The molecule has 0 fully saturated rings. The molecule has 2 atom stereocenters. The Kier molecular flexibility index (Phi) is 6.38. The number of hydrogen-bond donors (Lipinski definition) is 1. The van der Waals surface area contributed by atoms with Gasteiger partial charge in [0.2, 0.25) is 0 Å². The number of ether oxygens (including phenoxy) is 2. The Hall–Kier alpha value is -2.07. The second-order valence-corrected chi connectivity index (χ2v) is 7.73. The van der Waals surface area contributed by atoms with Crippen LogP contribution in [0.3, 0.4) is 0 Å². The zero-order valence-corrected chi connectivity index (χ0v) is 16.6. The molecule has 0 bridgehead atoms. The molecule has 0 saturated heterocycles. The molecule has 27 heavy (non-hydrogen) atoms. The van der Waals surface area contributed by atoms with E-state index in [4.69, 9.17) is 15.2 Å². The van der Waals surface area contributed by atoms with E-state index < -0.39 is 0 Å². The minimum Gasteiger partial charge on any atom is -0.462 e. The first-order chi connectivity index (χ1) is 13.0. The Morgan fingerprint density at radius 1 is 1.37 bits per heavy atom. The van der Waals surface area contributed by atoms with Crippen molar-refractivity contribution < 1.29 is 14.3 Å². The predicted molar refractivity (Wildman–Crippen MR) is 108 cm³/mol. The maximum absolute atomic E-state index is 12.2. The van der Waals surface area contributed by atoms with Crippen molar-refractivity contribution in [3.8, 4) is 11.5 Å². The summed E-state index contributed by atoms with van der Waals surface area (Å²) in [6, 6.07) is 4.12. The molecule has 1 aromatic rings. The van der Waals surface area contributed by atoms with Crippen LogP contribution in [0, 0.1) is 5.92 Å². The molecule has 0 amide bonds. The lowest BCUT2D eigenvalue weighted by Crippen LogP contribution is -2.26. The molecule has 0 radical (unpaired) electrons. The molecular formula is C23H31NO3.